The smallest absolute Gasteiger partial charge is 0.269 e. The van der Waals surface area contributed by atoms with Crippen molar-refractivity contribution in [2.75, 3.05) is 0 Å². The molecule has 0 spiro atoms. The third-order valence-corrected chi connectivity index (χ3v) is 3.56. The minimum Gasteiger partial charge on any atom is -0.409 e. The molecule has 0 bridgehead atoms. The van der Waals surface area contributed by atoms with E-state index in [4.69, 9.17) is 10.9 Å². The Hall–Kier alpha value is -2.54. The molecule has 2 aromatic carbocycles. The molecule has 0 aliphatic heterocycles. The second-order valence-corrected chi connectivity index (χ2v) is 5.01. The summed E-state index contributed by atoms with van der Waals surface area (Å²) in [5.41, 5.74) is 6.16. The average Bonchev–Trinajstić information content (AvgIpc) is 2.48. The molecular formula is C13H11N3O3S. The van der Waals surface area contributed by atoms with E-state index in [-0.39, 0.29) is 11.5 Å². The fourth-order valence-corrected chi connectivity index (χ4v) is 2.34. The number of nitrogens with zero attached hydrogens (tertiary/aromatic N) is 2. The lowest BCUT2D eigenvalue weighted by molar-refractivity contribution is -0.384. The molecule has 0 aliphatic carbocycles. The molecule has 0 unspecified atom stereocenters. The van der Waals surface area contributed by atoms with Crippen LogP contribution in [0.15, 0.2) is 63.5 Å². The molecule has 6 nitrogen and oxygen atoms in total. The van der Waals surface area contributed by atoms with Crippen molar-refractivity contribution < 1.29 is 10.1 Å². The van der Waals surface area contributed by atoms with Gasteiger partial charge in [0.25, 0.3) is 5.69 Å². The van der Waals surface area contributed by atoms with Gasteiger partial charge in [-0.1, -0.05) is 29.1 Å². The van der Waals surface area contributed by atoms with Gasteiger partial charge in [0, 0.05) is 27.5 Å². The number of rotatable bonds is 4. The van der Waals surface area contributed by atoms with Crippen LogP contribution >= 0.6 is 11.8 Å². The van der Waals surface area contributed by atoms with Crippen molar-refractivity contribution in [1.29, 1.82) is 0 Å². The van der Waals surface area contributed by atoms with Gasteiger partial charge >= 0.3 is 0 Å². The van der Waals surface area contributed by atoms with Gasteiger partial charge in [-0.25, -0.2) is 0 Å². The number of hydrogen-bond donors (Lipinski definition) is 2. The highest BCUT2D eigenvalue weighted by molar-refractivity contribution is 7.99. The maximum absolute atomic E-state index is 10.6. The summed E-state index contributed by atoms with van der Waals surface area (Å²) in [5.74, 6) is 0.0527. The van der Waals surface area contributed by atoms with Gasteiger partial charge in [0.15, 0.2) is 5.84 Å². The number of hydrogen-bond acceptors (Lipinski definition) is 5. The Bertz CT molecular complexity index is 639. The fraction of sp³-hybridized carbons (Fsp3) is 0. The van der Waals surface area contributed by atoms with Crippen molar-refractivity contribution in [2.45, 2.75) is 9.79 Å². The molecular weight excluding hydrogens is 278 g/mol. The van der Waals surface area contributed by atoms with Crippen molar-refractivity contribution >= 4 is 23.3 Å². The molecule has 2 aromatic rings. The van der Waals surface area contributed by atoms with E-state index in [9.17, 15) is 10.1 Å². The van der Waals surface area contributed by atoms with E-state index in [1.54, 1.807) is 24.3 Å². The number of oxime groups is 1. The first kappa shape index (κ1) is 13.9. The normalized spacial score (nSPS) is 11.3. The summed E-state index contributed by atoms with van der Waals surface area (Å²) in [4.78, 5) is 12.0. The summed E-state index contributed by atoms with van der Waals surface area (Å²) >= 11 is 1.47. The van der Waals surface area contributed by atoms with Crippen LogP contribution in [-0.4, -0.2) is 16.0 Å². The molecule has 7 heteroatoms. The zero-order valence-corrected chi connectivity index (χ0v) is 11.1. The Morgan fingerprint density at radius 2 is 1.60 bits per heavy atom. The Morgan fingerprint density at radius 1 is 1.10 bits per heavy atom. The summed E-state index contributed by atoms with van der Waals surface area (Å²) < 4.78 is 0. The maximum atomic E-state index is 10.6. The molecule has 0 fully saturated rings. The lowest BCUT2D eigenvalue weighted by Gasteiger charge is -2.03. The van der Waals surface area contributed by atoms with E-state index >= 15 is 0 Å². The molecule has 102 valence electrons. The molecule has 0 atom stereocenters. The van der Waals surface area contributed by atoms with Crippen LogP contribution in [0.1, 0.15) is 5.56 Å². The zero-order valence-electron chi connectivity index (χ0n) is 10.3. The van der Waals surface area contributed by atoms with Gasteiger partial charge < -0.3 is 10.9 Å². The van der Waals surface area contributed by atoms with Crippen LogP contribution < -0.4 is 5.73 Å². The Labute approximate surface area is 119 Å². The van der Waals surface area contributed by atoms with Crippen LogP contribution in [0.25, 0.3) is 0 Å². The van der Waals surface area contributed by atoms with E-state index < -0.39 is 4.92 Å². The van der Waals surface area contributed by atoms with Crippen molar-refractivity contribution in [1.82, 2.24) is 0 Å². The molecule has 0 aliphatic rings. The number of non-ortho nitro benzene ring substituents is 1. The van der Waals surface area contributed by atoms with Gasteiger partial charge in [-0.05, 0) is 24.3 Å². The summed E-state index contributed by atoms with van der Waals surface area (Å²) in [6.45, 7) is 0. The van der Waals surface area contributed by atoms with Gasteiger partial charge in [0.05, 0.1) is 4.92 Å². The van der Waals surface area contributed by atoms with Crippen molar-refractivity contribution in [3.8, 4) is 0 Å². The first-order valence-electron chi connectivity index (χ1n) is 5.60. The largest absolute Gasteiger partial charge is 0.409 e. The standard InChI is InChI=1S/C13H11N3O3S/c14-13(15-17)9-1-5-11(6-2-9)20-12-7-3-10(4-8-12)16(18)19/h1-8,17H,(H2,14,15). The first-order chi connectivity index (χ1) is 9.60. The quantitative estimate of drug-likeness (QED) is 0.296. The maximum Gasteiger partial charge on any atom is 0.269 e. The van der Waals surface area contributed by atoms with Gasteiger partial charge in [0.1, 0.15) is 0 Å². The highest BCUT2D eigenvalue weighted by Crippen LogP contribution is 2.29. The van der Waals surface area contributed by atoms with Crippen molar-refractivity contribution in [3.05, 3.63) is 64.2 Å². The van der Waals surface area contributed by atoms with E-state index in [1.807, 2.05) is 12.1 Å². The summed E-state index contributed by atoms with van der Waals surface area (Å²) in [6.07, 6.45) is 0. The molecule has 3 N–H and O–H groups in total. The predicted octanol–water partition coefficient (Wildman–Crippen LogP) is 2.84. The van der Waals surface area contributed by atoms with E-state index in [2.05, 4.69) is 5.16 Å². The topological polar surface area (TPSA) is 102 Å². The second kappa shape index (κ2) is 6.07. The number of amidine groups is 1. The van der Waals surface area contributed by atoms with E-state index in [0.29, 0.717) is 5.56 Å². The van der Waals surface area contributed by atoms with Crippen LogP contribution in [0.5, 0.6) is 0 Å². The highest BCUT2D eigenvalue weighted by Gasteiger charge is 2.05. The van der Waals surface area contributed by atoms with Crippen LogP contribution in [0.4, 0.5) is 5.69 Å². The van der Waals surface area contributed by atoms with Crippen LogP contribution in [0.3, 0.4) is 0 Å². The SMILES string of the molecule is N/C(=N\O)c1ccc(Sc2ccc([N+](=O)[O-])cc2)cc1. The van der Waals surface area contributed by atoms with Gasteiger partial charge in [-0.3, -0.25) is 10.1 Å². The van der Waals surface area contributed by atoms with Crippen LogP contribution in [0, 0.1) is 10.1 Å². The van der Waals surface area contributed by atoms with E-state index in [0.717, 1.165) is 9.79 Å². The number of nitrogens with two attached hydrogens (primary N) is 1. The Kier molecular flexibility index (Phi) is 4.21. The minimum atomic E-state index is -0.430. The van der Waals surface area contributed by atoms with Gasteiger partial charge in [-0.15, -0.1) is 0 Å². The molecule has 2 rings (SSSR count). The average molecular weight is 289 g/mol. The monoisotopic (exact) mass is 289 g/mol. The molecule has 0 heterocycles. The first-order valence-corrected chi connectivity index (χ1v) is 6.42. The second-order valence-electron chi connectivity index (χ2n) is 3.86. The predicted molar refractivity (Wildman–Crippen MR) is 76.2 cm³/mol. The van der Waals surface area contributed by atoms with Crippen LogP contribution in [0.2, 0.25) is 0 Å². The third kappa shape index (κ3) is 3.27. The van der Waals surface area contributed by atoms with Gasteiger partial charge in [-0.2, -0.15) is 0 Å². The highest BCUT2D eigenvalue weighted by atomic mass is 32.2. The molecule has 0 aromatic heterocycles. The Morgan fingerprint density at radius 3 is 2.05 bits per heavy atom. The zero-order chi connectivity index (χ0) is 14.5. The lowest BCUT2D eigenvalue weighted by atomic mass is 10.2. The summed E-state index contributed by atoms with van der Waals surface area (Å²) in [5, 5.41) is 22.0. The fourth-order valence-electron chi connectivity index (χ4n) is 1.52. The lowest BCUT2D eigenvalue weighted by Crippen LogP contribution is -2.12. The van der Waals surface area contributed by atoms with Gasteiger partial charge in [0.2, 0.25) is 0 Å². The third-order valence-electron chi connectivity index (χ3n) is 2.54. The Balaban J connectivity index is 2.12. The minimum absolute atomic E-state index is 0.0527. The number of benzene rings is 2. The van der Waals surface area contributed by atoms with E-state index in [1.165, 1.54) is 23.9 Å². The molecule has 0 amide bonds. The van der Waals surface area contributed by atoms with Crippen molar-refractivity contribution in [2.24, 2.45) is 10.9 Å². The summed E-state index contributed by atoms with van der Waals surface area (Å²) in [7, 11) is 0. The van der Waals surface area contributed by atoms with Crippen LogP contribution in [-0.2, 0) is 0 Å². The molecule has 0 saturated heterocycles. The summed E-state index contributed by atoms with van der Waals surface area (Å²) in [6, 6.07) is 13.5. The number of nitro groups is 1. The van der Waals surface area contributed by atoms with Crippen molar-refractivity contribution in [3.63, 3.8) is 0 Å². The molecule has 0 radical (unpaired) electrons. The number of nitro benzene ring substituents is 1. The molecule has 0 saturated carbocycles. The molecule has 20 heavy (non-hydrogen) atoms.